The number of benzene rings is 2. The number of hydrogen-bond acceptors (Lipinski definition) is 6. The van der Waals surface area contributed by atoms with E-state index in [4.69, 9.17) is 9.47 Å². The third kappa shape index (κ3) is 2.28. The van der Waals surface area contributed by atoms with Gasteiger partial charge in [-0.25, -0.2) is 8.42 Å². The number of nitrogens with zero attached hydrogens (tertiary/aromatic N) is 1. The van der Waals surface area contributed by atoms with Gasteiger partial charge in [0.1, 0.15) is 6.10 Å². The van der Waals surface area contributed by atoms with Crippen LogP contribution in [0.3, 0.4) is 0 Å². The lowest BCUT2D eigenvalue weighted by atomic mass is 9.49. The number of hydrogen-bond donors (Lipinski definition) is 2. The van der Waals surface area contributed by atoms with E-state index in [0.29, 0.717) is 43.7 Å². The highest BCUT2D eigenvalue weighted by Gasteiger charge is 2.73. The SMILES string of the molecule is CN[C@@H]1CC[C@@]2(O)[C@H]3Cc4ccc(OC)c5c4[C@@]2(CCN3S(=O)(=O)c2ccccc2)[C@H]1O5. The van der Waals surface area contributed by atoms with E-state index >= 15 is 0 Å². The number of nitrogens with one attached hydrogen (secondary N) is 1. The van der Waals surface area contributed by atoms with Crippen LogP contribution in [0.4, 0.5) is 0 Å². The Morgan fingerprint density at radius 3 is 2.69 bits per heavy atom. The molecule has 4 aliphatic rings. The van der Waals surface area contributed by atoms with Gasteiger partial charge in [-0.3, -0.25) is 0 Å². The monoisotopic (exact) mass is 456 g/mol. The standard InChI is InChI=1S/C24H28N2O5S/c1-25-17-10-11-24(27)19-14-15-8-9-18(30-2)21-20(15)23(24,22(17)31-21)12-13-26(19)32(28,29)16-6-4-3-5-7-16/h3-9,17,19,22,25,27H,10-14H2,1-2H3/t17-,19-,22+,23+,24-/m1/s1. The van der Waals surface area contributed by atoms with E-state index in [1.807, 2.05) is 25.2 Å². The summed E-state index contributed by atoms with van der Waals surface area (Å²) in [4.78, 5) is 0.267. The van der Waals surface area contributed by atoms with Crippen LogP contribution >= 0.6 is 0 Å². The third-order valence-electron chi connectivity index (χ3n) is 8.34. The number of aliphatic hydroxyl groups is 1. The van der Waals surface area contributed by atoms with Gasteiger partial charge in [0, 0.05) is 18.2 Å². The van der Waals surface area contributed by atoms with Crippen LogP contribution < -0.4 is 14.8 Å². The van der Waals surface area contributed by atoms with Crippen LogP contribution in [-0.4, -0.2) is 62.3 Å². The Bertz CT molecular complexity index is 1190. The maximum atomic E-state index is 13.7. The summed E-state index contributed by atoms with van der Waals surface area (Å²) in [6.07, 6.45) is 1.90. The summed E-state index contributed by atoms with van der Waals surface area (Å²) in [5.74, 6) is 1.39. The number of methoxy groups -OCH3 is 1. The first-order chi connectivity index (χ1) is 15.4. The molecule has 0 aromatic heterocycles. The second-order valence-electron chi connectivity index (χ2n) is 9.40. The van der Waals surface area contributed by atoms with Gasteiger partial charge < -0.3 is 19.9 Å². The van der Waals surface area contributed by atoms with Gasteiger partial charge in [0.2, 0.25) is 10.0 Å². The lowest BCUT2D eigenvalue weighted by molar-refractivity contribution is -0.175. The van der Waals surface area contributed by atoms with Crippen molar-refractivity contribution in [3.63, 3.8) is 0 Å². The maximum Gasteiger partial charge on any atom is 0.243 e. The van der Waals surface area contributed by atoms with E-state index < -0.39 is 27.1 Å². The van der Waals surface area contributed by atoms with Gasteiger partial charge >= 0.3 is 0 Å². The molecule has 0 radical (unpaired) electrons. The van der Waals surface area contributed by atoms with E-state index in [9.17, 15) is 13.5 Å². The number of rotatable bonds is 4. The fraction of sp³-hybridized carbons (Fsp3) is 0.500. The molecule has 5 atom stereocenters. The quantitative estimate of drug-likeness (QED) is 0.730. The minimum absolute atomic E-state index is 0.0660. The molecule has 8 heteroatoms. The molecule has 2 aliphatic carbocycles. The molecule has 2 N–H and O–H groups in total. The van der Waals surface area contributed by atoms with E-state index in [2.05, 4.69) is 5.32 Å². The fourth-order valence-corrected chi connectivity index (χ4v) is 8.66. The van der Waals surface area contributed by atoms with Crippen molar-refractivity contribution in [1.82, 2.24) is 9.62 Å². The lowest BCUT2D eigenvalue weighted by Crippen LogP contribution is -2.78. The predicted octanol–water partition coefficient (Wildman–Crippen LogP) is 1.83. The zero-order chi connectivity index (χ0) is 22.3. The summed E-state index contributed by atoms with van der Waals surface area (Å²) in [5.41, 5.74) is 0.194. The summed E-state index contributed by atoms with van der Waals surface area (Å²) in [6, 6.07) is 12.0. The summed E-state index contributed by atoms with van der Waals surface area (Å²) in [7, 11) is -0.197. The Labute approximate surface area is 188 Å². The molecule has 2 aromatic carbocycles. The van der Waals surface area contributed by atoms with Gasteiger partial charge in [-0.15, -0.1) is 0 Å². The molecular weight excluding hydrogens is 428 g/mol. The highest BCUT2D eigenvalue weighted by Crippen LogP contribution is 2.65. The van der Waals surface area contributed by atoms with E-state index in [1.165, 1.54) is 0 Å². The molecule has 32 heavy (non-hydrogen) atoms. The Morgan fingerprint density at radius 2 is 1.97 bits per heavy atom. The maximum absolute atomic E-state index is 13.7. The van der Waals surface area contributed by atoms with Crippen molar-refractivity contribution in [1.29, 1.82) is 0 Å². The molecule has 2 fully saturated rings. The van der Waals surface area contributed by atoms with Crippen LogP contribution in [0.5, 0.6) is 11.5 Å². The zero-order valence-corrected chi connectivity index (χ0v) is 19.1. The Hall–Kier alpha value is -2.13. The highest BCUT2D eigenvalue weighted by molar-refractivity contribution is 7.89. The van der Waals surface area contributed by atoms with Crippen LogP contribution in [0.25, 0.3) is 0 Å². The van der Waals surface area contributed by atoms with E-state index in [-0.39, 0.29) is 17.0 Å². The first-order valence-corrected chi connectivity index (χ1v) is 12.7. The van der Waals surface area contributed by atoms with E-state index in [1.54, 1.807) is 35.7 Å². The minimum atomic E-state index is -3.75. The molecule has 6 rings (SSSR count). The smallest absolute Gasteiger partial charge is 0.243 e. The molecule has 170 valence electrons. The van der Waals surface area contributed by atoms with Gasteiger partial charge in [-0.05, 0) is 56.5 Å². The van der Waals surface area contributed by atoms with Crippen LogP contribution in [0.15, 0.2) is 47.4 Å². The Kier molecular flexibility index (Phi) is 4.28. The van der Waals surface area contributed by atoms with Gasteiger partial charge in [-0.2, -0.15) is 4.31 Å². The average molecular weight is 457 g/mol. The van der Waals surface area contributed by atoms with Gasteiger partial charge in [0.05, 0.1) is 29.1 Å². The first kappa shape index (κ1) is 20.5. The fourth-order valence-electron chi connectivity index (χ4n) is 6.97. The average Bonchev–Trinajstić information content (AvgIpc) is 3.14. The van der Waals surface area contributed by atoms with Crippen LogP contribution in [-0.2, 0) is 21.9 Å². The highest BCUT2D eigenvalue weighted by atomic mass is 32.2. The molecule has 2 aromatic rings. The second-order valence-corrected chi connectivity index (χ2v) is 11.3. The molecule has 2 bridgehead atoms. The topological polar surface area (TPSA) is 88.1 Å². The third-order valence-corrected chi connectivity index (χ3v) is 10.3. The molecule has 2 aliphatic heterocycles. The van der Waals surface area contributed by atoms with Crippen molar-refractivity contribution in [2.75, 3.05) is 20.7 Å². The van der Waals surface area contributed by atoms with Crippen molar-refractivity contribution in [3.8, 4) is 11.5 Å². The molecule has 7 nitrogen and oxygen atoms in total. The molecule has 2 heterocycles. The summed E-state index contributed by atoms with van der Waals surface area (Å²) in [6.45, 7) is 0.344. The molecule has 1 saturated carbocycles. The van der Waals surface area contributed by atoms with Crippen molar-refractivity contribution >= 4 is 10.0 Å². The second kappa shape index (κ2) is 6.70. The van der Waals surface area contributed by atoms with Crippen LogP contribution in [0.1, 0.15) is 30.4 Å². The number of sulfonamides is 1. The van der Waals surface area contributed by atoms with Crippen molar-refractivity contribution in [2.24, 2.45) is 0 Å². The molecule has 0 unspecified atom stereocenters. The van der Waals surface area contributed by atoms with Crippen LogP contribution in [0, 0.1) is 0 Å². The van der Waals surface area contributed by atoms with Crippen molar-refractivity contribution in [3.05, 3.63) is 53.6 Å². The Balaban J connectivity index is 1.56. The van der Waals surface area contributed by atoms with Gasteiger partial charge in [-0.1, -0.05) is 24.3 Å². The number of piperidine rings is 1. The van der Waals surface area contributed by atoms with Crippen LogP contribution in [0.2, 0.25) is 0 Å². The number of ether oxygens (including phenoxy) is 2. The first-order valence-electron chi connectivity index (χ1n) is 11.2. The predicted molar refractivity (Wildman–Crippen MR) is 119 cm³/mol. The number of likely N-dealkylation sites (N-methyl/N-ethyl adjacent to an activating group) is 1. The minimum Gasteiger partial charge on any atom is -0.493 e. The molecule has 1 spiro atoms. The largest absolute Gasteiger partial charge is 0.493 e. The lowest BCUT2D eigenvalue weighted by Gasteiger charge is -2.63. The summed E-state index contributed by atoms with van der Waals surface area (Å²) < 4.78 is 41.1. The molecular formula is C24H28N2O5S. The van der Waals surface area contributed by atoms with E-state index in [0.717, 1.165) is 11.1 Å². The zero-order valence-electron chi connectivity index (χ0n) is 18.2. The normalized spacial score (nSPS) is 35.2. The van der Waals surface area contributed by atoms with Crippen molar-refractivity contribution < 1.29 is 23.0 Å². The summed E-state index contributed by atoms with van der Waals surface area (Å²) in [5, 5.41) is 15.8. The van der Waals surface area contributed by atoms with Gasteiger partial charge in [0.25, 0.3) is 0 Å². The molecule has 1 saturated heterocycles. The summed E-state index contributed by atoms with van der Waals surface area (Å²) >= 11 is 0. The van der Waals surface area contributed by atoms with Crippen molar-refractivity contribution in [2.45, 2.75) is 59.8 Å². The van der Waals surface area contributed by atoms with Gasteiger partial charge in [0.15, 0.2) is 11.5 Å². The molecule has 0 amide bonds. The Morgan fingerprint density at radius 1 is 1.19 bits per heavy atom.